The van der Waals surface area contributed by atoms with E-state index in [-0.39, 0.29) is 6.54 Å². The molecule has 0 radical (unpaired) electrons. The summed E-state index contributed by atoms with van der Waals surface area (Å²) in [6, 6.07) is 0.687. The predicted molar refractivity (Wildman–Crippen MR) is 74.6 cm³/mol. The van der Waals surface area contributed by atoms with Crippen LogP contribution in [0.2, 0.25) is 0 Å². The van der Waals surface area contributed by atoms with Crippen LogP contribution in [-0.2, 0) is 9.32 Å². The third kappa shape index (κ3) is 7.41. The molecule has 0 aromatic rings. The van der Waals surface area contributed by atoms with Crippen molar-refractivity contribution < 1.29 is 22.5 Å². The van der Waals surface area contributed by atoms with Crippen molar-refractivity contribution in [2.45, 2.75) is 52.4 Å². The van der Waals surface area contributed by atoms with Crippen molar-refractivity contribution in [3.63, 3.8) is 0 Å². The van der Waals surface area contributed by atoms with Crippen molar-refractivity contribution in [3.05, 3.63) is 0 Å². The zero-order valence-electron chi connectivity index (χ0n) is 12.6. The molecule has 0 rings (SSSR count). The molecule has 1 amide bonds. The number of rotatable bonds is 8. The average Bonchev–Trinajstić information content (AvgIpc) is 2.25. The van der Waals surface area contributed by atoms with Crippen molar-refractivity contribution in [3.8, 4) is 0 Å². The van der Waals surface area contributed by atoms with Crippen molar-refractivity contribution in [1.29, 1.82) is 0 Å². The first-order valence-electron chi connectivity index (χ1n) is 6.57. The number of carbonyl (C=O) groups is 1. The Balaban J connectivity index is 3.93. The summed E-state index contributed by atoms with van der Waals surface area (Å²) in [5.41, 5.74) is 0. The predicted octanol–water partition coefficient (Wildman–Crippen LogP) is 3.13. The molecule has 0 aromatic heterocycles. The minimum atomic E-state index is -4.82. The SMILES string of the molecule is CC(C)N(C(C)C)P(C)OCCCNC(=O)C(F)(F)F. The summed E-state index contributed by atoms with van der Waals surface area (Å²) >= 11 is 0. The highest BCUT2D eigenvalue weighted by Crippen LogP contribution is 2.40. The van der Waals surface area contributed by atoms with Crippen LogP contribution in [0.15, 0.2) is 0 Å². The summed E-state index contributed by atoms with van der Waals surface area (Å²) in [5, 5.41) is 1.82. The van der Waals surface area contributed by atoms with E-state index < -0.39 is 20.4 Å². The average molecular weight is 316 g/mol. The van der Waals surface area contributed by atoms with Crippen LogP contribution in [0.1, 0.15) is 34.1 Å². The van der Waals surface area contributed by atoms with Crippen molar-refractivity contribution in [1.82, 2.24) is 9.99 Å². The van der Waals surface area contributed by atoms with Gasteiger partial charge in [-0.05, 0) is 40.8 Å². The van der Waals surface area contributed by atoms with Gasteiger partial charge in [-0.25, -0.2) is 0 Å². The fraction of sp³-hybridized carbons (Fsp3) is 0.917. The normalized spacial score (nSPS) is 14.2. The second-order valence-corrected chi connectivity index (χ2v) is 6.62. The van der Waals surface area contributed by atoms with Crippen molar-refractivity contribution in [2.75, 3.05) is 19.8 Å². The van der Waals surface area contributed by atoms with Gasteiger partial charge < -0.3 is 9.84 Å². The molecule has 0 aliphatic rings. The first kappa shape index (κ1) is 19.6. The lowest BCUT2D eigenvalue weighted by atomic mass is 10.3. The van der Waals surface area contributed by atoms with E-state index in [0.29, 0.717) is 25.1 Å². The third-order valence-corrected chi connectivity index (χ3v) is 4.66. The Kier molecular flexibility index (Phi) is 8.63. The number of alkyl halides is 3. The van der Waals surface area contributed by atoms with Gasteiger partial charge in [0.05, 0.1) is 6.61 Å². The Labute approximate surface area is 119 Å². The number of halogens is 3. The van der Waals surface area contributed by atoms with Gasteiger partial charge in [-0.3, -0.25) is 9.46 Å². The van der Waals surface area contributed by atoms with Gasteiger partial charge in [-0.15, -0.1) is 0 Å². The number of hydrogen-bond acceptors (Lipinski definition) is 3. The summed E-state index contributed by atoms with van der Waals surface area (Å²) in [4.78, 5) is 10.6. The fourth-order valence-corrected chi connectivity index (χ4v) is 3.71. The molecule has 0 aliphatic heterocycles. The van der Waals surface area contributed by atoms with E-state index in [2.05, 4.69) is 32.4 Å². The van der Waals surface area contributed by atoms with Gasteiger partial charge in [0.15, 0.2) is 0 Å². The van der Waals surface area contributed by atoms with Crippen LogP contribution in [0.3, 0.4) is 0 Å². The van der Waals surface area contributed by atoms with Gasteiger partial charge in [0.2, 0.25) is 0 Å². The molecule has 0 spiro atoms. The van der Waals surface area contributed by atoms with Crippen LogP contribution in [0.4, 0.5) is 13.2 Å². The van der Waals surface area contributed by atoms with Gasteiger partial charge in [0.1, 0.15) is 8.30 Å². The van der Waals surface area contributed by atoms with E-state index >= 15 is 0 Å². The first-order chi connectivity index (χ1) is 9.07. The smallest absolute Gasteiger partial charge is 0.348 e. The largest absolute Gasteiger partial charge is 0.471 e. The molecular formula is C12H24F3N2O2P. The quantitative estimate of drug-likeness (QED) is 0.552. The van der Waals surface area contributed by atoms with Gasteiger partial charge in [-0.1, -0.05) is 0 Å². The van der Waals surface area contributed by atoms with Gasteiger partial charge in [0, 0.05) is 18.6 Å². The molecule has 1 N–H and O–H groups in total. The van der Waals surface area contributed by atoms with E-state index in [1.807, 2.05) is 12.0 Å². The van der Waals surface area contributed by atoms with Crippen molar-refractivity contribution >= 4 is 14.2 Å². The van der Waals surface area contributed by atoms with Crippen LogP contribution in [0.25, 0.3) is 0 Å². The molecule has 20 heavy (non-hydrogen) atoms. The topological polar surface area (TPSA) is 41.6 Å². The number of amides is 1. The van der Waals surface area contributed by atoms with Crippen LogP contribution < -0.4 is 5.32 Å². The highest BCUT2D eigenvalue weighted by Gasteiger charge is 2.38. The molecule has 0 bridgehead atoms. The minimum Gasteiger partial charge on any atom is -0.348 e. The Morgan fingerprint density at radius 2 is 1.75 bits per heavy atom. The van der Waals surface area contributed by atoms with E-state index in [9.17, 15) is 18.0 Å². The summed E-state index contributed by atoms with van der Waals surface area (Å²) < 4.78 is 43.6. The van der Waals surface area contributed by atoms with Crippen molar-refractivity contribution in [2.24, 2.45) is 0 Å². The third-order valence-electron chi connectivity index (χ3n) is 2.53. The van der Waals surface area contributed by atoms with E-state index in [4.69, 9.17) is 4.52 Å². The lowest BCUT2D eigenvalue weighted by Crippen LogP contribution is -2.37. The summed E-state index contributed by atoms with van der Waals surface area (Å²) in [7, 11) is -0.779. The molecule has 1 atom stereocenters. The van der Waals surface area contributed by atoms with Crippen LogP contribution >= 0.6 is 8.30 Å². The Bertz CT molecular complexity index is 291. The second kappa shape index (κ2) is 8.80. The number of nitrogens with zero attached hydrogens (tertiary/aromatic N) is 1. The molecule has 4 nitrogen and oxygen atoms in total. The lowest BCUT2D eigenvalue weighted by Gasteiger charge is -2.35. The zero-order chi connectivity index (χ0) is 15.9. The summed E-state index contributed by atoms with van der Waals surface area (Å²) in [5.74, 6) is -1.90. The van der Waals surface area contributed by atoms with Crippen LogP contribution in [0.5, 0.6) is 0 Å². The number of nitrogens with one attached hydrogen (secondary N) is 1. The van der Waals surface area contributed by atoms with Gasteiger partial charge in [0.25, 0.3) is 0 Å². The first-order valence-corrected chi connectivity index (χ1v) is 8.23. The maximum absolute atomic E-state index is 11.9. The Morgan fingerprint density at radius 3 is 2.15 bits per heavy atom. The monoisotopic (exact) mass is 316 g/mol. The molecular weight excluding hydrogens is 292 g/mol. The van der Waals surface area contributed by atoms with Gasteiger partial charge in [-0.2, -0.15) is 13.2 Å². The van der Waals surface area contributed by atoms with Crippen LogP contribution in [-0.4, -0.2) is 48.7 Å². The zero-order valence-corrected chi connectivity index (χ0v) is 13.5. The summed E-state index contributed by atoms with van der Waals surface area (Å²) in [6.45, 7) is 10.6. The van der Waals surface area contributed by atoms with E-state index in [1.54, 1.807) is 0 Å². The molecule has 0 aromatic carbocycles. The molecule has 0 aliphatic carbocycles. The second-order valence-electron chi connectivity index (χ2n) is 4.97. The Morgan fingerprint density at radius 1 is 1.25 bits per heavy atom. The van der Waals surface area contributed by atoms with Crippen LogP contribution in [0, 0.1) is 0 Å². The number of carbonyl (C=O) groups excluding carboxylic acids is 1. The molecule has 0 saturated heterocycles. The fourth-order valence-electron chi connectivity index (χ4n) is 1.88. The molecule has 1 unspecified atom stereocenters. The molecule has 0 heterocycles. The highest BCUT2D eigenvalue weighted by atomic mass is 31.2. The molecule has 0 fully saturated rings. The lowest BCUT2D eigenvalue weighted by molar-refractivity contribution is -0.173. The van der Waals surface area contributed by atoms with E-state index in [0.717, 1.165) is 0 Å². The maximum atomic E-state index is 11.9. The number of hydrogen-bond donors (Lipinski definition) is 1. The highest BCUT2D eigenvalue weighted by molar-refractivity contribution is 7.49. The molecule has 8 heteroatoms. The molecule has 120 valence electrons. The minimum absolute atomic E-state index is 0.0368. The summed E-state index contributed by atoms with van der Waals surface area (Å²) in [6.07, 6.45) is -4.46. The van der Waals surface area contributed by atoms with E-state index in [1.165, 1.54) is 0 Å². The Hall–Kier alpha value is -0.390. The molecule has 0 saturated carbocycles. The van der Waals surface area contributed by atoms with Gasteiger partial charge >= 0.3 is 12.1 Å². The standard InChI is InChI=1S/C12H24F3N2O2P/c1-9(2)17(10(3)4)20(5)19-8-6-7-16-11(18)12(13,14)15/h9-10H,6-8H2,1-5H3,(H,16,18). The maximum Gasteiger partial charge on any atom is 0.471 e.